The molecule has 1 aromatic carbocycles. The van der Waals surface area contributed by atoms with Crippen molar-refractivity contribution >= 4 is 39.5 Å². The number of carboxylic acids is 1. The van der Waals surface area contributed by atoms with Crippen molar-refractivity contribution in [2.45, 2.75) is 0 Å². The highest BCUT2D eigenvalue weighted by atomic mass is 16.5. The molecule has 10 heteroatoms. The maximum atomic E-state index is 12.0. The van der Waals surface area contributed by atoms with Gasteiger partial charge in [0.25, 0.3) is 0 Å². The average Bonchev–Trinajstić information content (AvgIpc) is 3.34. The molecule has 176 valence electrons. The van der Waals surface area contributed by atoms with Gasteiger partial charge in [0.1, 0.15) is 16.7 Å². The Morgan fingerprint density at radius 2 is 2.00 bits per heavy atom. The number of aromatic carboxylic acids is 1. The molecule has 1 saturated heterocycles. The van der Waals surface area contributed by atoms with Gasteiger partial charge in [0.15, 0.2) is 5.69 Å². The molecule has 0 saturated carbocycles. The predicted molar refractivity (Wildman–Crippen MR) is 130 cm³/mol. The normalized spacial score (nSPS) is 14.1. The van der Waals surface area contributed by atoms with Crippen LogP contribution in [0.25, 0.3) is 33.2 Å². The number of H-pyrrole nitrogens is 1. The van der Waals surface area contributed by atoms with Crippen molar-refractivity contribution in [1.29, 1.82) is 0 Å². The number of methoxy groups -OCH3 is 1. The van der Waals surface area contributed by atoms with Gasteiger partial charge in [-0.05, 0) is 24.3 Å². The van der Waals surface area contributed by atoms with Crippen molar-refractivity contribution in [3.63, 3.8) is 0 Å². The van der Waals surface area contributed by atoms with Crippen molar-refractivity contribution in [3.8, 4) is 11.3 Å². The molecule has 0 atom stereocenters. The Morgan fingerprint density at radius 1 is 1.18 bits per heavy atom. The minimum Gasteiger partial charge on any atom is -0.477 e. The largest absolute Gasteiger partial charge is 0.477 e. The summed E-state index contributed by atoms with van der Waals surface area (Å²) < 4.78 is 10.7. The first-order valence-corrected chi connectivity index (χ1v) is 11.1. The number of pyridine rings is 1. The van der Waals surface area contributed by atoms with Crippen molar-refractivity contribution in [3.05, 3.63) is 42.2 Å². The standard InChI is InChI=1S/C24H26N6O4/c1-29(7-10-33-2)19-14-18(23(31)32)26-22-20(16-3-4-17-15(13-16)5-6-25-17)27-24(28-21(19)22)30-8-11-34-12-9-30/h3-6,13-14,25H,7-12H2,1-2H3,(H,31,32). The number of hydrogen-bond acceptors (Lipinski definition) is 8. The van der Waals surface area contributed by atoms with Gasteiger partial charge < -0.3 is 29.4 Å². The van der Waals surface area contributed by atoms with Crippen LogP contribution in [0, 0.1) is 0 Å². The molecular formula is C24H26N6O4. The molecule has 0 aliphatic carbocycles. The molecule has 1 aliphatic rings. The van der Waals surface area contributed by atoms with Crippen LogP contribution in [0.5, 0.6) is 0 Å². The molecule has 0 amide bonds. The van der Waals surface area contributed by atoms with Crippen LogP contribution in [-0.4, -0.2) is 84.6 Å². The molecule has 10 nitrogen and oxygen atoms in total. The zero-order chi connectivity index (χ0) is 23.7. The number of anilines is 2. The highest BCUT2D eigenvalue weighted by molar-refractivity contribution is 6.02. The second kappa shape index (κ2) is 9.24. The van der Waals surface area contributed by atoms with Crippen LogP contribution in [0.4, 0.5) is 11.6 Å². The van der Waals surface area contributed by atoms with Crippen LogP contribution in [-0.2, 0) is 9.47 Å². The van der Waals surface area contributed by atoms with Crippen molar-refractivity contribution in [2.24, 2.45) is 0 Å². The van der Waals surface area contributed by atoms with E-state index in [1.54, 1.807) is 13.2 Å². The first kappa shape index (κ1) is 22.1. The smallest absolute Gasteiger partial charge is 0.354 e. The molecule has 34 heavy (non-hydrogen) atoms. The molecule has 5 rings (SSSR count). The van der Waals surface area contributed by atoms with Crippen LogP contribution in [0.2, 0.25) is 0 Å². The topological polar surface area (TPSA) is 117 Å². The Kier molecular flexibility index (Phi) is 5.99. The van der Waals surface area contributed by atoms with Gasteiger partial charge >= 0.3 is 5.97 Å². The summed E-state index contributed by atoms with van der Waals surface area (Å²) in [6, 6.07) is 9.54. The number of carbonyl (C=O) groups is 1. The van der Waals surface area contributed by atoms with E-state index in [2.05, 4.69) is 14.9 Å². The molecular weight excluding hydrogens is 436 g/mol. The van der Waals surface area contributed by atoms with E-state index in [1.165, 1.54) is 0 Å². The van der Waals surface area contributed by atoms with Crippen LogP contribution in [0.1, 0.15) is 10.5 Å². The molecule has 3 aromatic heterocycles. The zero-order valence-electron chi connectivity index (χ0n) is 19.1. The van der Waals surface area contributed by atoms with Crippen LogP contribution >= 0.6 is 0 Å². The van der Waals surface area contributed by atoms with Gasteiger partial charge in [0, 0.05) is 56.5 Å². The Labute approximate surface area is 196 Å². The maximum absolute atomic E-state index is 12.0. The van der Waals surface area contributed by atoms with E-state index in [-0.39, 0.29) is 5.69 Å². The van der Waals surface area contributed by atoms with Crippen LogP contribution in [0.3, 0.4) is 0 Å². The number of benzene rings is 1. The fourth-order valence-electron chi connectivity index (χ4n) is 4.13. The summed E-state index contributed by atoms with van der Waals surface area (Å²) in [6.07, 6.45) is 1.88. The summed E-state index contributed by atoms with van der Waals surface area (Å²) >= 11 is 0. The highest BCUT2D eigenvalue weighted by Gasteiger charge is 2.23. The number of fused-ring (bicyclic) bond motifs is 2. The maximum Gasteiger partial charge on any atom is 0.354 e. The van der Waals surface area contributed by atoms with Gasteiger partial charge in [-0.1, -0.05) is 6.07 Å². The monoisotopic (exact) mass is 462 g/mol. The quantitative estimate of drug-likeness (QED) is 0.427. The number of aromatic nitrogens is 4. The fraction of sp³-hybridized carbons (Fsp3) is 0.333. The molecule has 1 aliphatic heterocycles. The molecule has 4 heterocycles. The number of aromatic amines is 1. The predicted octanol–water partition coefficient (Wildman–Crippen LogP) is 2.79. The van der Waals surface area contributed by atoms with E-state index in [0.717, 1.165) is 16.5 Å². The summed E-state index contributed by atoms with van der Waals surface area (Å²) in [6.45, 7) is 3.61. The second-order valence-electron chi connectivity index (χ2n) is 8.19. The molecule has 0 spiro atoms. The Hall–Kier alpha value is -3.76. The number of ether oxygens (including phenoxy) is 2. The summed E-state index contributed by atoms with van der Waals surface area (Å²) in [5.74, 6) is -0.529. The lowest BCUT2D eigenvalue weighted by Gasteiger charge is -2.28. The fourth-order valence-corrected chi connectivity index (χ4v) is 4.13. The van der Waals surface area contributed by atoms with Crippen LogP contribution < -0.4 is 9.80 Å². The summed E-state index contributed by atoms with van der Waals surface area (Å²) in [7, 11) is 3.52. The number of hydrogen-bond donors (Lipinski definition) is 2. The Bertz CT molecular complexity index is 1350. The van der Waals surface area contributed by atoms with Gasteiger partial charge in [-0.3, -0.25) is 0 Å². The number of morpholine rings is 1. The van der Waals surface area contributed by atoms with Gasteiger partial charge in [0.05, 0.1) is 25.5 Å². The second-order valence-corrected chi connectivity index (χ2v) is 8.19. The van der Waals surface area contributed by atoms with E-state index >= 15 is 0 Å². The molecule has 1 fully saturated rings. The molecule has 4 aromatic rings. The summed E-state index contributed by atoms with van der Waals surface area (Å²) in [5, 5.41) is 10.8. The molecule has 0 unspecified atom stereocenters. The number of nitrogens with one attached hydrogen (secondary N) is 1. The lowest BCUT2D eigenvalue weighted by Crippen LogP contribution is -2.37. The third-order valence-corrected chi connectivity index (χ3v) is 6.00. The lowest BCUT2D eigenvalue weighted by molar-refractivity contribution is 0.0691. The Morgan fingerprint density at radius 3 is 2.76 bits per heavy atom. The molecule has 0 radical (unpaired) electrons. The van der Waals surface area contributed by atoms with Gasteiger partial charge in [-0.25, -0.2) is 19.7 Å². The molecule has 2 N–H and O–H groups in total. The van der Waals surface area contributed by atoms with Crippen molar-refractivity contribution < 1.29 is 19.4 Å². The van der Waals surface area contributed by atoms with E-state index in [0.29, 0.717) is 67.8 Å². The minimum absolute atomic E-state index is 0.0570. The number of likely N-dealkylation sites (N-methyl/N-ethyl adjacent to an activating group) is 1. The van der Waals surface area contributed by atoms with Crippen LogP contribution in [0.15, 0.2) is 36.5 Å². The zero-order valence-corrected chi connectivity index (χ0v) is 19.1. The first-order valence-electron chi connectivity index (χ1n) is 11.1. The van der Waals surface area contributed by atoms with E-state index < -0.39 is 5.97 Å². The summed E-state index contributed by atoms with van der Waals surface area (Å²) in [4.78, 5) is 33.5. The van der Waals surface area contributed by atoms with Gasteiger partial charge in [-0.2, -0.15) is 0 Å². The Balaban J connectivity index is 1.78. The van der Waals surface area contributed by atoms with Gasteiger partial charge in [0.2, 0.25) is 5.95 Å². The summed E-state index contributed by atoms with van der Waals surface area (Å²) in [5.41, 5.74) is 4.11. The molecule has 0 bridgehead atoms. The first-order chi connectivity index (χ1) is 16.5. The SMILES string of the molecule is COCCN(C)c1cc(C(=O)O)nc2c(-c3ccc4[nH]ccc4c3)nc(N3CCOCC3)nc12. The van der Waals surface area contributed by atoms with E-state index in [9.17, 15) is 9.90 Å². The lowest BCUT2D eigenvalue weighted by atomic mass is 10.1. The van der Waals surface area contributed by atoms with E-state index in [4.69, 9.17) is 19.4 Å². The van der Waals surface area contributed by atoms with Crippen molar-refractivity contribution in [1.82, 2.24) is 19.9 Å². The average molecular weight is 463 g/mol. The highest BCUT2D eigenvalue weighted by Crippen LogP contribution is 2.34. The minimum atomic E-state index is -1.10. The van der Waals surface area contributed by atoms with E-state index in [1.807, 2.05) is 42.4 Å². The number of carboxylic acid groups (broad SMARTS) is 1. The third-order valence-electron chi connectivity index (χ3n) is 6.00. The van der Waals surface area contributed by atoms with Gasteiger partial charge in [-0.15, -0.1) is 0 Å². The van der Waals surface area contributed by atoms with Crippen molar-refractivity contribution in [2.75, 3.05) is 63.4 Å². The third kappa shape index (κ3) is 4.13. The number of rotatable bonds is 7. The number of nitrogens with zero attached hydrogens (tertiary/aromatic N) is 5.